The van der Waals surface area contributed by atoms with E-state index in [-0.39, 0.29) is 0 Å². The third-order valence-electron chi connectivity index (χ3n) is 1.93. The second-order valence-electron chi connectivity index (χ2n) is 3.33. The number of hydrogen-bond acceptors (Lipinski definition) is 4. The van der Waals surface area contributed by atoms with Crippen molar-refractivity contribution in [2.45, 2.75) is 12.5 Å². The van der Waals surface area contributed by atoms with Gasteiger partial charge < -0.3 is 15.7 Å². The van der Waals surface area contributed by atoms with Gasteiger partial charge in [0.25, 0.3) is 0 Å². The topological polar surface area (TPSA) is 78.4 Å². The third kappa shape index (κ3) is 9.07. The molecule has 0 saturated carbocycles. The molecule has 0 heterocycles. The first-order valence-electron chi connectivity index (χ1n) is 5.39. The van der Waals surface area contributed by atoms with Crippen molar-refractivity contribution in [1.29, 1.82) is 0 Å². The van der Waals surface area contributed by atoms with Crippen LogP contribution >= 0.6 is 23.5 Å². The van der Waals surface area contributed by atoms with Crippen molar-refractivity contribution in [2.24, 2.45) is 0 Å². The number of carboxylic acid groups (broad SMARTS) is 1. The van der Waals surface area contributed by atoms with Crippen LogP contribution in [0.15, 0.2) is 0 Å². The molecule has 2 amide bonds. The quantitative estimate of drug-likeness (QED) is 0.433. The molecule has 0 aromatic carbocycles. The van der Waals surface area contributed by atoms with Crippen molar-refractivity contribution in [1.82, 2.24) is 10.6 Å². The lowest BCUT2D eigenvalue weighted by atomic mass is 10.2. The highest BCUT2D eigenvalue weighted by Gasteiger charge is 2.18. The van der Waals surface area contributed by atoms with Gasteiger partial charge in [0.1, 0.15) is 6.04 Å². The number of carboxylic acids is 1. The molecular formula is C11H18N2O3S2. The van der Waals surface area contributed by atoms with Gasteiger partial charge in [-0.25, -0.2) is 9.59 Å². The number of urea groups is 1. The summed E-state index contributed by atoms with van der Waals surface area (Å²) in [6.45, 7) is 0.465. The Morgan fingerprint density at radius 1 is 1.44 bits per heavy atom. The molecule has 0 spiro atoms. The van der Waals surface area contributed by atoms with Crippen molar-refractivity contribution >= 4 is 35.5 Å². The molecule has 1 unspecified atom stereocenters. The summed E-state index contributed by atoms with van der Waals surface area (Å²) in [7, 11) is 0. The third-order valence-corrected chi connectivity index (χ3v) is 3.44. The highest BCUT2D eigenvalue weighted by Crippen LogP contribution is 2.01. The minimum atomic E-state index is -1.01. The number of thioether (sulfide) groups is 2. The van der Waals surface area contributed by atoms with Crippen LogP contribution in [-0.4, -0.2) is 53.2 Å². The molecule has 0 rings (SSSR count). The van der Waals surface area contributed by atoms with E-state index in [1.807, 2.05) is 6.26 Å². The van der Waals surface area contributed by atoms with Crippen LogP contribution in [0.25, 0.3) is 0 Å². The maximum atomic E-state index is 11.4. The average molecular weight is 290 g/mol. The van der Waals surface area contributed by atoms with E-state index in [0.29, 0.717) is 30.2 Å². The molecule has 0 aliphatic carbocycles. The van der Waals surface area contributed by atoms with Crippen molar-refractivity contribution in [3.63, 3.8) is 0 Å². The molecule has 1 atom stereocenters. The van der Waals surface area contributed by atoms with Crippen molar-refractivity contribution < 1.29 is 14.7 Å². The number of terminal acetylenes is 1. The van der Waals surface area contributed by atoms with Gasteiger partial charge >= 0.3 is 12.0 Å². The molecule has 0 fully saturated rings. The van der Waals surface area contributed by atoms with Gasteiger partial charge in [-0.1, -0.05) is 5.92 Å². The minimum Gasteiger partial charge on any atom is -0.480 e. The molecule has 102 valence electrons. The van der Waals surface area contributed by atoms with Crippen LogP contribution in [0.5, 0.6) is 0 Å². The number of carbonyl (C=O) groups excluding carboxylic acids is 1. The molecule has 5 nitrogen and oxygen atoms in total. The van der Waals surface area contributed by atoms with E-state index in [9.17, 15) is 9.59 Å². The number of nitrogens with one attached hydrogen (secondary N) is 2. The van der Waals surface area contributed by atoms with Gasteiger partial charge in [-0.05, 0) is 18.4 Å². The van der Waals surface area contributed by atoms with Crippen molar-refractivity contribution in [3.05, 3.63) is 0 Å². The largest absolute Gasteiger partial charge is 0.480 e. The van der Waals surface area contributed by atoms with Gasteiger partial charge in [-0.15, -0.1) is 18.2 Å². The van der Waals surface area contributed by atoms with E-state index in [2.05, 4.69) is 16.6 Å². The highest BCUT2D eigenvalue weighted by atomic mass is 32.2. The van der Waals surface area contributed by atoms with Crippen LogP contribution in [0.1, 0.15) is 6.42 Å². The van der Waals surface area contributed by atoms with E-state index in [0.717, 1.165) is 0 Å². The van der Waals surface area contributed by atoms with Crippen molar-refractivity contribution in [2.75, 3.05) is 30.1 Å². The van der Waals surface area contributed by atoms with Crippen LogP contribution in [0.3, 0.4) is 0 Å². The Morgan fingerprint density at radius 2 is 2.17 bits per heavy atom. The Labute approximate surface area is 116 Å². The summed E-state index contributed by atoms with van der Waals surface area (Å²) in [6.07, 6.45) is 7.38. The maximum Gasteiger partial charge on any atom is 0.326 e. The van der Waals surface area contributed by atoms with E-state index < -0.39 is 18.0 Å². The molecule has 0 saturated heterocycles. The van der Waals surface area contributed by atoms with Crippen LogP contribution in [0.2, 0.25) is 0 Å². The molecular weight excluding hydrogens is 272 g/mol. The fourth-order valence-electron chi connectivity index (χ4n) is 1.07. The van der Waals surface area contributed by atoms with Crippen LogP contribution in [0, 0.1) is 12.3 Å². The molecule has 3 N–H and O–H groups in total. The number of carbonyl (C=O) groups is 2. The van der Waals surface area contributed by atoms with E-state index in [1.165, 1.54) is 11.8 Å². The lowest BCUT2D eigenvalue weighted by molar-refractivity contribution is -0.139. The Kier molecular flexibility index (Phi) is 10.5. The summed E-state index contributed by atoms with van der Waals surface area (Å²) in [4.78, 5) is 22.3. The summed E-state index contributed by atoms with van der Waals surface area (Å²) in [6, 6.07) is -1.29. The molecule has 0 aromatic rings. The molecule has 0 radical (unpaired) electrons. The molecule has 0 aromatic heterocycles. The fraction of sp³-hybridized carbons (Fsp3) is 0.636. The van der Waals surface area contributed by atoms with Gasteiger partial charge in [0.2, 0.25) is 0 Å². The molecule has 0 aliphatic rings. The summed E-state index contributed by atoms with van der Waals surface area (Å²) < 4.78 is 0. The zero-order valence-corrected chi connectivity index (χ0v) is 11.9. The van der Waals surface area contributed by atoms with E-state index >= 15 is 0 Å². The lowest BCUT2D eigenvalue weighted by Crippen LogP contribution is -2.46. The second-order valence-corrected chi connectivity index (χ2v) is 5.42. The minimum absolute atomic E-state index is 0.412. The Bertz CT molecular complexity index is 305. The molecule has 0 bridgehead atoms. The lowest BCUT2D eigenvalue weighted by Gasteiger charge is -2.14. The van der Waals surface area contributed by atoms with Gasteiger partial charge in [0.05, 0.1) is 5.75 Å². The van der Waals surface area contributed by atoms with Gasteiger partial charge in [-0.2, -0.15) is 11.8 Å². The monoisotopic (exact) mass is 290 g/mol. The standard InChI is InChI=1S/C11H18N2O3S2/c1-3-6-18-8-5-12-11(16)13-9(10(14)15)4-7-17-2/h1,9H,4-8H2,2H3,(H,14,15)(H2,12,13,16). The molecule has 18 heavy (non-hydrogen) atoms. The first kappa shape index (κ1) is 17.0. The van der Waals surface area contributed by atoms with Crippen LogP contribution in [-0.2, 0) is 4.79 Å². The first-order chi connectivity index (χ1) is 8.61. The number of rotatable bonds is 9. The predicted molar refractivity (Wildman–Crippen MR) is 77.1 cm³/mol. The summed E-state index contributed by atoms with van der Waals surface area (Å²) in [5.41, 5.74) is 0. The zero-order valence-electron chi connectivity index (χ0n) is 10.3. The predicted octanol–water partition coefficient (Wildman–Crippen LogP) is 0.858. The van der Waals surface area contributed by atoms with Gasteiger partial charge in [0.15, 0.2) is 0 Å². The Hall–Kier alpha value is -1.00. The number of amides is 2. The van der Waals surface area contributed by atoms with Crippen LogP contribution in [0.4, 0.5) is 4.79 Å². The SMILES string of the molecule is C#CCSCCNC(=O)NC(CCSC)C(=O)O. The number of aliphatic carboxylic acids is 1. The fourth-order valence-corrected chi connectivity index (χ4v) is 2.05. The average Bonchev–Trinajstić information content (AvgIpc) is 2.33. The van der Waals surface area contributed by atoms with Gasteiger partial charge in [-0.3, -0.25) is 0 Å². The van der Waals surface area contributed by atoms with Crippen molar-refractivity contribution in [3.8, 4) is 12.3 Å². The Balaban J connectivity index is 3.81. The van der Waals surface area contributed by atoms with E-state index in [4.69, 9.17) is 11.5 Å². The van der Waals surface area contributed by atoms with Crippen LogP contribution < -0.4 is 10.6 Å². The van der Waals surface area contributed by atoms with E-state index in [1.54, 1.807) is 11.8 Å². The maximum absolute atomic E-state index is 11.4. The first-order valence-corrected chi connectivity index (χ1v) is 7.94. The highest BCUT2D eigenvalue weighted by molar-refractivity contribution is 7.99. The summed E-state index contributed by atoms with van der Waals surface area (Å²) >= 11 is 3.08. The number of hydrogen-bond donors (Lipinski definition) is 3. The molecule has 7 heteroatoms. The normalized spacial score (nSPS) is 11.3. The van der Waals surface area contributed by atoms with Gasteiger partial charge in [0, 0.05) is 12.3 Å². The summed E-state index contributed by atoms with van der Waals surface area (Å²) in [5.74, 6) is 3.47. The second kappa shape index (κ2) is 11.1. The smallest absolute Gasteiger partial charge is 0.326 e. The molecule has 0 aliphatic heterocycles. The summed E-state index contributed by atoms with van der Waals surface area (Å²) in [5, 5.41) is 13.9. The zero-order chi connectivity index (χ0) is 13.8. The Morgan fingerprint density at radius 3 is 2.72 bits per heavy atom.